The lowest BCUT2D eigenvalue weighted by atomic mass is 9.77. The van der Waals surface area contributed by atoms with E-state index in [1.54, 1.807) is 0 Å². The molecular formula is C20H29ClN6O2. The molecule has 8 nitrogen and oxygen atoms in total. The monoisotopic (exact) mass is 420 g/mol. The average molecular weight is 421 g/mol. The van der Waals surface area contributed by atoms with Crippen molar-refractivity contribution in [1.82, 2.24) is 10.6 Å². The maximum Gasteiger partial charge on any atom is 0.301 e. The van der Waals surface area contributed by atoms with Crippen molar-refractivity contribution in [1.29, 1.82) is 0 Å². The van der Waals surface area contributed by atoms with Crippen molar-refractivity contribution < 1.29 is 4.92 Å². The molecule has 1 atom stereocenters. The van der Waals surface area contributed by atoms with Gasteiger partial charge in [0.1, 0.15) is 0 Å². The van der Waals surface area contributed by atoms with E-state index >= 15 is 0 Å². The normalized spacial score (nSPS) is 28.4. The van der Waals surface area contributed by atoms with Crippen LogP contribution in [-0.2, 0) is 6.42 Å². The number of nitro groups is 1. The molecule has 1 unspecified atom stereocenters. The van der Waals surface area contributed by atoms with Gasteiger partial charge in [-0.1, -0.05) is 29.8 Å². The summed E-state index contributed by atoms with van der Waals surface area (Å²) in [5, 5.41) is 18.2. The smallest absolute Gasteiger partial charge is 0.301 e. The van der Waals surface area contributed by atoms with Gasteiger partial charge in [0.2, 0.25) is 0 Å². The second-order valence-electron chi connectivity index (χ2n) is 7.93. The zero-order valence-electron chi connectivity index (χ0n) is 16.4. The summed E-state index contributed by atoms with van der Waals surface area (Å²) in [5.74, 6) is 1.32. The number of nitrogens with two attached hydrogens (primary N) is 2. The number of nitrogens with one attached hydrogen (secondary N) is 2. The van der Waals surface area contributed by atoms with Crippen LogP contribution in [0.2, 0.25) is 5.02 Å². The molecule has 3 rings (SSSR count). The van der Waals surface area contributed by atoms with Crippen molar-refractivity contribution in [2.24, 2.45) is 28.3 Å². The van der Waals surface area contributed by atoms with Crippen LogP contribution in [-0.4, -0.2) is 29.6 Å². The van der Waals surface area contributed by atoms with Crippen molar-refractivity contribution >= 4 is 17.6 Å². The van der Waals surface area contributed by atoms with Gasteiger partial charge in [0.25, 0.3) is 0 Å². The highest BCUT2D eigenvalue weighted by Crippen LogP contribution is 2.34. The van der Waals surface area contributed by atoms with Crippen molar-refractivity contribution in [3.8, 4) is 0 Å². The highest BCUT2D eigenvalue weighted by Gasteiger charge is 2.44. The van der Waals surface area contributed by atoms with Crippen molar-refractivity contribution in [3.63, 3.8) is 0 Å². The Balaban J connectivity index is 1.66. The molecule has 1 aromatic rings. The zero-order valence-corrected chi connectivity index (χ0v) is 17.2. The van der Waals surface area contributed by atoms with Gasteiger partial charge in [-0.05, 0) is 68.5 Å². The molecule has 1 saturated carbocycles. The summed E-state index contributed by atoms with van der Waals surface area (Å²) >= 11 is 6.18. The second-order valence-corrected chi connectivity index (χ2v) is 8.33. The Morgan fingerprint density at radius 2 is 1.93 bits per heavy atom. The van der Waals surface area contributed by atoms with Crippen LogP contribution >= 0.6 is 11.6 Å². The SMILES string of the molecule is NCC1CCC(CC2(N)NC(=NCCc3ccccc3Cl)NC=C2[N+](=O)[O-])CC1. The fraction of sp³-hybridized carbons (Fsp3) is 0.550. The third-order valence-corrected chi connectivity index (χ3v) is 6.23. The molecule has 158 valence electrons. The summed E-state index contributed by atoms with van der Waals surface area (Å²) in [5.41, 5.74) is 12.0. The molecule has 0 spiro atoms. The molecule has 1 aliphatic heterocycles. The molecule has 1 heterocycles. The van der Waals surface area contributed by atoms with Crippen LogP contribution in [0.25, 0.3) is 0 Å². The first kappa shape index (κ1) is 21.5. The maximum atomic E-state index is 11.6. The second kappa shape index (κ2) is 9.56. The number of benzene rings is 1. The van der Waals surface area contributed by atoms with Crippen LogP contribution < -0.4 is 22.1 Å². The lowest BCUT2D eigenvalue weighted by Gasteiger charge is -2.37. The highest BCUT2D eigenvalue weighted by molar-refractivity contribution is 6.31. The molecular weight excluding hydrogens is 392 g/mol. The van der Waals surface area contributed by atoms with E-state index < -0.39 is 10.6 Å². The molecule has 1 aromatic carbocycles. The van der Waals surface area contributed by atoms with Crippen LogP contribution in [0.1, 0.15) is 37.7 Å². The van der Waals surface area contributed by atoms with Crippen LogP contribution in [0.15, 0.2) is 41.2 Å². The topological polar surface area (TPSA) is 132 Å². The van der Waals surface area contributed by atoms with Gasteiger partial charge in [0.05, 0.1) is 11.1 Å². The van der Waals surface area contributed by atoms with E-state index in [1.165, 1.54) is 6.20 Å². The first-order valence-electron chi connectivity index (χ1n) is 10.1. The fourth-order valence-electron chi connectivity index (χ4n) is 4.15. The van der Waals surface area contributed by atoms with E-state index in [1.807, 2.05) is 24.3 Å². The maximum absolute atomic E-state index is 11.6. The first-order valence-corrected chi connectivity index (χ1v) is 10.5. The Morgan fingerprint density at radius 3 is 2.59 bits per heavy atom. The minimum atomic E-state index is -1.25. The summed E-state index contributed by atoms with van der Waals surface area (Å²) < 4.78 is 0. The van der Waals surface area contributed by atoms with Gasteiger partial charge in [-0.2, -0.15) is 0 Å². The molecule has 0 radical (unpaired) electrons. The number of halogens is 1. The number of aliphatic imine (C=N–C) groups is 1. The summed E-state index contributed by atoms with van der Waals surface area (Å²) in [6.07, 6.45) is 6.58. The number of rotatable bonds is 7. The molecule has 1 fully saturated rings. The number of hydrogen-bond donors (Lipinski definition) is 4. The van der Waals surface area contributed by atoms with E-state index in [0.29, 0.717) is 48.7 Å². The summed E-state index contributed by atoms with van der Waals surface area (Å²) in [6.45, 7) is 1.18. The fourth-order valence-corrected chi connectivity index (χ4v) is 4.38. The van der Waals surface area contributed by atoms with E-state index in [-0.39, 0.29) is 5.70 Å². The molecule has 9 heteroatoms. The Morgan fingerprint density at radius 1 is 1.24 bits per heavy atom. The predicted molar refractivity (Wildman–Crippen MR) is 115 cm³/mol. The summed E-state index contributed by atoms with van der Waals surface area (Å²) in [7, 11) is 0. The first-order chi connectivity index (χ1) is 13.9. The molecule has 6 N–H and O–H groups in total. The van der Waals surface area contributed by atoms with Gasteiger partial charge in [-0.3, -0.25) is 20.8 Å². The number of hydrogen-bond acceptors (Lipinski definition) is 5. The van der Waals surface area contributed by atoms with E-state index in [9.17, 15) is 10.1 Å². The lowest BCUT2D eigenvalue weighted by molar-refractivity contribution is -0.437. The largest absolute Gasteiger partial charge is 0.330 e. The van der Waals surface area contributed by atoms with Crippen LogP contribution in [0.3, 0.4) is 0 Å². The van der Waals surface area contributed by atoms with Crippen molar-refractivity contribution in [2.45, 2.75) is 44.2 Å². The minimum Gasteiger partial charge on any atom is -0.330 e. The van der Waals surface area contributed by atoms with Crippen LogP contribution in [0, 0.1) is 22.0 Å². The Labute approximate surface area is 175 Å². The van der Waals surface area contributed by atoms with E-state index in [4.69, 9.17) is 23.1 Å². The summed E-state index contributed by atoms with van der Waals surface area (Å²) in [4.78, 5) is 15.6. The van der Waals surface area contributed by atoms with E-state index in [0.717, 1.165) is 31.2 Å². The third kappa shape index (κ3) is 5.46. The van der Waals surface area contributed by atoms with E-state index in [2.05, 4.69) is 15.6 Å². The summed E-state index contributed by atoms with van der Waals surface area (Å²) in [6, 6.07) is 7.62. The Bertz CT molecular complexity index is 791. The minimum absolute atomic E-state index is 0.0662. The lowest BCUT2D eigenvalue weighted by Crippen LogP contribution is -2.64. The highest BCUT2D eigenvalue weighted by atomic mass is 35.5. The van der Waals surface area contributed by atoms with Gasteiger partial charge in [-0.25, -0.2) is 0 Å². The van der Waals surface area contributed by atoms with Gasteiger partial charge in [-0.15, -0.1) is 0 Å². The predicted octanol–water partition coefficient (Wildman–Crippen LogP) is 2.36. The van der Waals surface area contributed by atoms with Crippen LogP contribution in [0.4, 0.5) is 0 Å². The number of nitrogens with zero attached hydrogens (tertiary/aromatic N) is 2. The average Bonchev–Trinajstić information content (AvgIpc) is 2.69. The molecule has 29 heavy (non-hydrogen) atoms. The number of guanidine groups is 1. The quantitative estimate of drug-likeness (QED) is 0.395. The Hall–Kier alpha value is -2.16. The molecule has 2 aliphatic rings. The molecule has 0 bridgehead atoms. The Kier molecular flexibility index (Phi) is 7.10. The standard InChI is InChI=1S/C20H29ClN6O2/c21-17-4-2-1-3-16(17)9-10-24-19-25-13-18(27(28)29)20(23,26-19)11-14-5-7-15(12-22)8-6-14/h1-4,13-15H,5-12,22-23H2,(H2,24,25,26). The van der Waals surface area contributed by atoms with Crippen molar-refractivity contribution in [3.05, 3.63) is 56.9 Å². The zero-order chi connectivity index (χ0) is 20.9. The van der Waals surface area contributed by atoms with Crippen LogP contribution in [0.5, 0.6) is 0 Å². The van der Waals surface area contributed by atoms with Gasteiger partial charge >= 0.3 is 5.70 Å². The molecule has 0 amide bonds. The molecule has 0 aromatic heterocycles. The van der Waals surface area contributed by atoms with Crippen molar-refractivity contribution in [2.75, 3.05) is 13.1 Å². The third-order valence-electron chi connectivity index (χ3n) is 5.86. The molecule has 0 saturated heterocycles. The van der Waals surface area contributed by atoms with Gasteiger partial charge < -0.3 is 16.4 Å². The molecule has 1 aliphatic carbocycles. The van der Waals surface area contributed by atoms with Gasteiger partial charge in [0, 0.05) is 11.6 Å². The van der Waals surface area contributed by atoms with Gasteiger partial charge in [0.15, 0.2) is 11.6 Å².